The fourth-order valence-electron chi connectivity index (χ4n) is 2.01. The lowest BCUT2D eigenvalue weighted by Gasteiger charge is -2.23. The van der Waals surface area contributed by atoms with Crippen LogP contribution in [-0.4, -0.2) is 16.5 Å². The number of aromatic nitrogens is 1. The molecule has 21 heavy (non-hydrogen) atoms. The van der Waals surface area contributed by atoms with Crippen LogP contribution in [0.3, 0.4) is 0 Å². The summed E-state index contributed by atoms with van der Waals surface area (Å²) >= 11 is 5.92. The Labute approximate surface area is 128 Å². The van der Waals surface area contributed by atoms with Crippen LogP contribution in [0.25, 0.3) is 0 Å². The van der Waals surface area contributed by atoms with Gasteiger partial charge in [-0.25, -0.2) is 4.98 Å². The number of anilines is 2. The average Bonchev–Trinajstić information content (AvgIpc) is 2.48. The third kappa shape index (κ3) is 3.92. The number of unbranched alkanes of at least 4 members (excludes halogenated alkanes) is 1. The third-order valence-corrected chi connectivity index (χ3v) is 3.25. The second-order valence-electron chi connectivity index (χ2n) is 4.60. The number of halogens is 1. The van der Waals surface area contributed by atoms with Gasteiger partial charge in [-0.2, -0.15) is 0 Å². The number of para-hydroxylation sites is 1. The molecule has 1 aromatic heterocycles. The van der Waals surface area contributed by atoms with Crippen LogP contribution >= 0.6 is 11.6 Å². The first-order chi connectivity index (χ1) is 10.1. The summed E-state index contributed by atoms with van der Waals surface area (Å²) in [5.74, 6) is 0.494. The Morgan fingerprint density at radius 1 is 1.29 bits per heavy atom. The highest BCUT2D eigenvalue weighted by Gasteiger charge is 2.16. The molecule has 1 aromatic carbocycles. The summed E-state index contributed by atoms with van der Waals surface area (Å²) in [4.78, 5) is 16.7. The Morgan fingerprint density at radius 2 is 2.00 bits per heavy atom. The molecule has 0 atom stereocenters. The van der Waals surface area contributed by atoms with Gasteiger partial charge in [0, 0.05) is 12.2 Å². The van der Waals surface area contributed by atoms with Gasteiger partial charge in [0.05, 0.1) is 17.1 Å². The van der Waals surface area contributed by atoms with Crippen LogP contribution in [0, 0.1) is 10.1 Å². The molecule has 0 spiro atoms. The zero-order chi connectivity index (χ0) is 15.2. The van der Waals surface area contributed by atoms with Crippen LogP contribution in [0.1, 0.15) is 19.8 Å². The summed E-state index contributed by atoms with van der Waals surface area (Å²) in [5.41, 5.74) is 0.887. The van der Waals surface area contributed by atoms with Gasteiger partial charge in [-0.15, -0.1) is 0 Å². The molecule has 0 radical (unpaired) electrons. The molecule has 0 aliphatic carbocycles. The predicted octanol–water partition coefficient (Wildman–Crippen LogP) is 4.58. The number of pyridine rings is 1. The Hall–Kier alpha value is -2.14. The Morgan fingerprint density at radius 3 is 2.62 bits per heavy atom. The predicted molar refractivity (Wildman–Crippen MR) is 84.3 cm³/mol. The van der Waals surface area contributed by atoms with E-state index in [9.17, 15) is 10.1 Å². The Balaban J connectivity index is 2.43. The molecule has 0 saturated heterocycles. The molecule has 2 aromatic rings. The van der Waals surface area contributed by atoms with Crippen molar-refractivity contribution in [3.05, 3.63) is 57.7 Å². The van der Waals surface area contributed by atoms with Gasteiger partial charge in [0.1, 0.15) is 11.0 Å². The van der Waals surface area contributed by atoms with Crippen molar-refractivity contribution in [2.24, 2.45) is 0 Å². The number of nitro groups is 1. The molecule has 2 rings (SSSR count). The van der Waals surface area contributed by atoms with Crippen LogP contribution in [0.15, 0.2) is 42.5 Å². The lowest BCUT2D eigenvalue weighted by Crippen LogP contribution is -2.19. The number of hydrogen-bond donors (Lipinski definition) is 0. The van der Waals surface area contributed by atoms with Crippen molar-refractivity contribution in [3.8, 4) is 0 Å². The maximum Gasteiger partial charge on any atom is 0.276 e. The van der Waals surface area contributed by atoms with E-state index in [0.29, 0.717) is 5.82 Å². The van der Waals surface area contributed by atoms with E-state index in [1.807, 2.05) is 35.2 Å². The standard InChI is InChI=1S/C15H16ClN3O2/c1-2-3-9-18(12-7-5-4-6-8-12)15-11-13(19(20)21)10-14(16)17-15/h4-8,10-11H,2-3,9H2,1H3. The molecular formula is C15H16ClN3O2. The average molecular weight is 306 g/mol. The van der Waals surface area contributed by atoms with Crippen LogP contribution < -0.4 is 4.90 Å². The van der Waals surface area contributed by atoms with Crippen molar-refractivity contribution in [3.63, 3.8) is 0 Å². The monoisotopic (exact) mass is 305 g/mol. The highest BCUT2D eigenvalue weighted by atomic mass is 35.5. The number of hydrogen-bond acceptors (Lipinski definition) is 4. The zero-order valence-electron chi connectivity index (χ0n) is 11.7. The van der Waals surface area contributed by atoms with Crippen LogP contribution in [0.5, 0.6) is 0 Å². The molecular weight excluding hydrogens is 290 g/mol. The number of benzene rings is 1. The molecule has 0 unspecified atom stereocenters. The van der Waals surface area contributed by atoms with E-state index in [4.69, 9.17) is 11.6 Å². The van der Waals surface area contributed by atoms with Gasteiger partial charge in [-0.05, 0) is 18.6 Å². The van der Waals surface area contributed by atoms with E-state index in [2.05, 4.69) is 11.9 Å². The summed E-state index contributed by atoms with van der Waals surface area (Å²) in [6, 6.07) is 12.4. The Kier molecular flexibility index (Phi) is 5.11. The quantitative estimate of drug-likeness (QED) is 0.445. The summed E-state index contributed by atoms with van der Waals surface area (Å²) in [6.45, 7) is 2.82. The van der Waals surface area contributed by atoms with E-state index >= 15 is 0 Å². The summed E-state index contributed by atoms with van der Waals surface area (Å²) < 4.78 is 0. The molecule has 6 heteroatoms. The molecule has 110 valence electrons. The zero-order valence-corrected chi connectivity index (χ0v) is 12.5. The van der Waals surface area contributed by atoms with Gasteiger partial charge in [0.25, 0.3) is 5.69 Å². The van der Waals surface area contributed by atoms with Crippen molar-refractivity contribution in [1.29, 1.82) is 0 Å². The van der Waals surface area contributed by atoms with Crippen molar-refractivity contribution in [2.75, 3.05) is 11.4 Å². The molecule has 5 nitrogen and oxygen atoms in total. The van der Waals surface area contributed by atoms with Crippen LogP contribution in [0.4, 0.5) is 17.2 Å². The topological polar surface area (TPSA) is 59.3 Å². The highest BCUT2D eigenvalue weighted by Crippen LogP contribution is 2.29. The Bertz CT molecular complexity index is 620. The van der Waals surface area contributed by atoms with Crippen LogP contribution in [0.2, 0.25) is 5.15 Å². The normalized spacial score (nSPS) is 10.4. The molecule has 0 amide bonds. The van der Waals surface area contributed by atoms with Gasteiger partial charge in [0.15, 0.2) is 0 Å². The highest BCUT2D eigenvalue weighted by molar-refractivity contribution is 6.29. The molecule has 0 aliphatic rings. The lowest BCUT2D eigenvalue weighted by molar-refractivity contribution is -0.384. The SMILES string of the molecule is CCCCN(c1ccccc1)c1cc([N+](=O)[O-])cc(Cl)n1. The fourth-order valence-corrected chi connectivity index (χ4v) is 2.21. The van der Waals surface area contributed by atoms with E-state index in [-0.39, 0.29) is 10.8 Å². The first-order valence-corrected chi connectivity index (χ1v) is 7.14. The minimum atomic E-state index is -0.458. The fraction of sp³-hybridized carbons (Fsp3) is 0.267. The molecule has 1 heterocycles. The lowest BCUT2D eigenvalue weighted by atomic mass is 10.2. The van der Waals surface area contributed by atoms with Gasteiger partial charge < -0.3 is 4.90 Å². The minimum absolute atomic E-state index is 0.0533. The largest absolute Gasteiger partial charge is 0.326 e. The molecule has 0 saturated carbocycles. The van der Waals surface area contributed by atoms with Crippen molar-refractivity contribution >= 4 is 28.8 Å². The van der Waals surface area contributed by atoms with Crippen LogP contribution in [-0.2, 0) is 0 Å². The summed E-state index contributed by atoms with van der Waals surface area (Å²) in [6.07, 6.45) is 1.98. The molecule has 0 N–H and O–H groups in total. The maximum atomic E-state index is 11.0. The smallest absolute Gasteiger partial charge is 0.276 e. The van der Waals surface area contributed by atoms with E-state index in [0.717, 1.165) is 25.1 Å². The molecule has 0 fully saturated rings. The van der Waals surface area contributed by atoms with Gasteiger partial charge in [0.2, 0.25) is 0 Å². The summed E-state index contributed by atoms with van der Waals surface area (Å²) in [7, 11) is 0. The molecule has 0 bridgehead atoms. The first-order valence-electron chi connectivity index (χ1n) is 6.76. The van der Waals surface area contributed by atoms with Crippen molar-refractivity contribution in [2.45, 2.75) is 19.8 Å². The third-order valence-electron chi connectivity index (χ3n) is 3.06. The number of nitrogens with zero attached hydrogens (tertiary/aromatic N) is 3. The van der Waals surface area contributed by atoms with E-state index in [1.54, 1.807) is 0 Å². The van der Waals surface area contributed by atoms with E-state index < -0.39 is 4.92 Å². The second kappa shape index (κ2) is 7.04. The maximum absolute atomic E-state index is 11.0. The van der Waals surface area contributed by atoms with Gasteiger partial charge >= 0.3 is 0 Å². The van der Waals surface area contributed by atoms with Crippen molar-refractivity contribution < 1.29 is 4.92 Å². The van der Waals surface area contributed by atoms with Gasteiger partial charge in [-0.3, -0.25) is 10.1 Å². The molecule has 0 aliphatic heterocycles. The van der Waals surface area contributed by atoms with E-state index in [1.165, 1.54) is 12.1 Å². The second-order valence-corrected chi connectivity index (χ2v) is 4.99. The first kappa shape index (κ1) is 15.3. The van der Waals surface area contributed by atoms with Crippen molar-refractivity contribution in [1.82, 2.24) is 4.98 Å². The summed E-state index contributed by atoms with van der Waals surface area (Å²) in [5, 5.41) is 11.1. The minimum Gasteiger partial charge on any atom is -0.326 e. The van der Waals surface area contributed by atoms with Gasteiger partial charge in [-0.1, -0.05) is 43.1 Å². The number of rotatable bonds is 6.